The van der Waals surface area contributed by atoms with Crippen molar-refractivity contribution >= 4 is 33.3 Å². The van der Waals surface area contributed by atoms with Gasteiger partial charge in [0.25, 0.3) is 0 Å². The van der Waals surface area contributed by atoms with Crippen molar-refractivity contribution in [1.82, 2.24) is 19.8 Å². The van der Waals surface area contributed by atoms with E-state index >= 15 is 0 Å². The summed E-state index contributed by atoms with van der Waals surface area (Å²) in [6.45, 7) is 11.6. The standard InChI is InChI=1S/C37H50N4O3S/c1-37(2,3)29-8-9-31-28(20-29)21-32-35(38-31)45-36(39-32)34(44)22-26(11-15-41-16-12-30(42)13-17-41)25-6-5-7-27(19-25)33(43)18-24-10-14-40(4)23-24/h5-7,19,21,24,26,29-30,42H,8-18,20,22-23H2,1-4H3/t24-,26+,29+/m1/s1. The molecule has 0 unspecified atom stereocenters. The summed E-state index contributed by atoms with van der Waals surface area (Å²) < 4.78 is 0. The molecule has 45 heavy (non-hydrogen) atoms. The Hall–Kier alpha value is -2.52. The number of Topliss-reactive ketones (excluding diaryl/α,β-unsaturated/α-hetero) is 2. The molecule has 1 N–H and O–H groups in total. The summed E-state index contributed by atoms with van der Waals surface area (Å²) in [5, 5.41) is 10.5. The van der Waals surface area contributed by atoms with Crippen LogP contribution >= 0.6 is 11.3 Å². The Morgan fingerprint density at radius 1 is 1.04 bits per heavy atom. The van der Waals surface area contributed by atoms with Gasteiger partial charge in [-0.2, -0.15) is 0 Å². The molecule has 1 aromatic carbocycles. The van der Waals surface area contributed by atoms with E-state index in [1.165, 1.54) is 22.6 Å². The van der Waals surface area contributed by atoms with E-state index in [1.54, 1.807) is 0 Å². The van der Waals surface area contributed by atoms with Crippen LogP contribution in [0.5, 0.6) is 0 Å². The lowest BCUT2D eigenvalue weighted by atomic mass is 9.71. The van der Waals surface area contributed by atoms with Crippen LogP contribution in [0.2, 0.25) is 0 Å². The zero-order chi connectivity index (χ0) is 31.7. The number of rotatable bonds is 10. The molecule has 2 aromatic heterocycles. The summed E-state index contributed by atoms with van der Waals surface area (Å²) in [5.74, 6) is 1.26. The minimum absolute atomic E-state index is 0.0181. The van der Waals surface area contributed by atoms with Gasteiger partial charge in [-0.05, 0) is 112 Å². The second-order valence-corrected chi connectivity index (χ2v) is 16.1. The van der Waals surface area contributed by atoms with Crippen molar-refractivity contribution in [2.24, 2.45) is 17.3 Å². The first-order valence-corrected chi connectivity index (χ1v) is 17.9. The zero-order valence-corrected chi connectivity index (χ0v) is 28.4. The first-order valence-electron chi connectivity index (χ1n) is 17.1. The predicted octanol–water partition coefficient (Wildman–Crippen LogP) is 6.57. The normalized spacial score (nSPS) is 22.5. The molecule has 3 aliphatic rings. The van der Waals surface area contributed by atoms with Crippen LogP contribution in [-0.2, 0) is 12.8 Å². The maximum Gasteiger partial charge on any atom is 0.192 e. The Labute approximate surface area is 272 Å². The van der Waals surface area contributed by atoms with Crippen molar-refractivity contribution in [3.05, 3.63) is 57.7 Å². The van der Waals surface area contributed by atoms with Gasteiger partial charge in [0.1, 0.15) is 10.3 Å². The number of benzene rings is 1. The van der Waals surface area contributed by atoms with Crippen LogP contribution in [0.3, 0.4) is 0 Å². The van der Waals surface area contributed by atoms with Crippen molar-refractivity contribution in [2.45, 2.75) is 90.6 Å². The molecule has 3 aromatic rings. The number of hydrogen-bond donors (Lipinski definition) is 1. The van der Waals surface area contributed by atoms with Crippen molar-refractivity contribution in [3.8, 4) is 0 Å². The molecular weight excluding hydrogens is 580 g/mol. The fraction of sp³-hybridized carbons (Fsp3) is 0.622. The summed E-state index contributed by atoms with van der Waals surface area (Å²) in [5.41, 5.74) is 5.36. The van der Waals surface area contributed by atoms with E-state index in [-0.39, 0.29) is 29.0 Å². The van der Waals surface area contributed by atoms with E-state index < -0.39 is 0 Å². The summed E-state index contributed by atoms with van der Waals surface area (Å²) in [7, 11) is 2.12. The highest BCUT2D eigenvalue weighted by molar-refractivity contribution is 7.19. The number of carbonyl (C=O) groups is 2. The van der Waals surface area contributed by atoms with E-state index in [2.05, 4.69) is 49.8 Å². The molecule has 4 heterocycles. The number of aryl methyl sites for hydroxylation is 1. The minimum Gasteiger partial charge on any atom is -0.393 e. The van der Waals surface area contributed by atoms with Crippen LogP contribution < -0.4 is 0 Å². The number of piperidine rings is 1. The fourth-order valence-electron chi connectivity index (χ4n) is 7.59. The van der Waals surface area contributed by atoms with Gasteiger partial charge in [0.2, 0.25) is 0 Å². The number of hydrogen-bond acceptors (Lipinski definition) is 8. The molecule has 1 aliphatic carbocycles. The average molecular weight is 631 g/mol. The van der Waals surface area contributed by atoms with Crippen molar-refractivity contribution < 1.29 is 14.7 Å². The first kappa shape index (κ1) is 32.4. The van der Waals surface area contributed by atoms with Crippen LogP contribution in [-0.4, -0.2) is 82.3 Å². The number of aromatic nitrogens is 2. The molecule has 3 atom stereocenters. The Balaban J connectivity index is 1.20. The highest BCUT2D eigenvalue weighted by Gasteiger charge is 2.31. The fourth-order valence-corrected chi connectivity index (χ4v) is 8.48. The quantitative estimate of drug-likeness (QED) is 0.254. The third kappa shape index (κ3) is 7.90. The van der Waals surface area contributed by atoms with Crippen LogP contribution in [0.15, 0.2) is 30.3 Å². The van der Waals surface area contributed by atoms with Gasteiger partial charge in [-0.25, -0.2) is 9.97 Å². The Morgan fingerprint density at radius 3 is 2.58 bits per heavy atom. The summed E-state index contributed by atoms with van der Waals surface area (Å²) in [6.07, 6.45) is 7.35. The minimum atomic E-state index is -0.210. The molecule has 2 saturated heterocycles. The number of nitrogens with zero attached hydrogens (tertiary/aromatic N) is 4. The van der Waals surface area contributed by atoms with Crippen molar-refractivity contribution in [2.75, 3.05) is 39.8 Å². The highest BCUT2D eigenvalue weighted by Crippen LogP contribution is 2.38. The molecule has 7 nitrogen and oxygen atoms in total. The third-order valence-electron chi connectivity index (χ3n) is 10.6. The molecule has 0 amide bonds. The van der Waals surface area contributed by atoms with Gasteiger partial charge in [0, 0.05) is 43.7 Å². The van der Waals surface area contributed by atoms with Crippen LogP contribution in [0.1, 0.15) is 109 Å². The summed E-state index contributed by atoms with van der Waals surface area (Å²) in [4.78, 5) is 42.6. The topological polar surface area (TPSA) is 86.6 Å². The van der Waals surface area contributed by atoms with Gasteiger partial charge in [-0.1, -0.05) is 50.3 Å². The van der Waals surface area contributed by atoms with Gasteiger partial charge >= 0.3 is 0 Å². The Morgan fingerprint density at radius 2 is 1.84 bits per heavy atom. The highest BCUT2D eigenvalue weighted by atomic mass is 32.1. The first-order chi connectivity index (χ1) is 21.5. The molecule has 0 saturated carbocycles. The lowest BCUT2D eigenvalue weighted by Gasteiger charge is -2.34. The lowest BCUT2D eigenvalue weighted by Crippen LogP contribution is -2.36. The van der Waals surface area contributed by atoms with E-state index in [9.17, 15) is 14.7 Å². The number of fused-ring (bicyclic) bond motifs is 2. The van der Waals surface area contributed by atoms with Crippen LogP contribution in [0.25, 0.3) is 10.3 Å². The molecule has 0 radical (unpaired) electrons. The number of ketones is 2. The van der Waals surface area contributed by atoms with Gasteiger partial charge in [0.05, 0.1) is 6.10 Å². The van der Waals surface area contributed by atoms with Crippen LogP contribution in [0.4, 0.5) is 0 Å². The molecule has 2 fully saturated rings. The molecule has 6 rings (SSSR count). The predicted molar refractivity (Wildman–Crippen MR) is 181 cm³/mol. The maximum atomic E-state index is 13.9. The van der Waals surface area contributed by atoms with Gasteiger partial charge in [-0.3, -0.25) is 9.59 Å². The summed E-state index contributed by atoms with van der Waals surface area (Å²) >= 11 is 1.43. The average Bonchev–Trinajstić information content (AvgIpc) is 3.63. The SMILES string of the molecule is CN1CC[C@H](CC(=O)c2cccc([C@@H](CCN3CCC(O)CC3)CC(=O)c3nc4cc5c(nc4s3)CC[C@H](C(C)(C)C)C5)c2)C1. The van der Waals surface area contributed by atoms with Crippen molar-refractivity contribution in [3.63, 3.8) is 0 Å². The van der Waals surface area contributed by atoms with E-state index in [0.29, 0.717) is 29.7 Å². The molecule has 0 spiro atoms. The molecule has 0 bridgehead atoms. The number of thiazole rings is 1. The van der Waals surface area contributed by atoms with Crippen molar-refractivity contribution in [1.29, 1.82) is 0 Å². The number of aliphatic hydroxyl groups excluding tert-OH is 1. The number of likely N-dealkylation sites (tertiary alicyclic amines) is 2. The Kier molecular flexibility index (Phi) is 9.86. The Bertz CT molecular complexity index is 1520. The number of aliphatic hydroxyl groups is 1. The van der Waals surface area contributed by atoms with Gasteiger partial charge < -0.3 is 14.9 Å². The maximum absolute atomic E-state index is 13.9. The van der Waals surface area contributed by atoms with Gasteiger partial charge in [-0.15, -0.1) is 0 Å². The zero-order valence-electron chi connectivity index (χ0n) is 27.6. The van der Waals surface area contributed by atoms with E-state index in [0.717, 1.165) is 99.1 Å². The third-order valence-corrected chi connectivity index (χ3v) is 11.6. The monoisotopic (exact) mass is 630 g/mol. The molecular formula is C37H50N4O3S. The summed E-state index contributed by atoms with van der Waals surface area (Å²) in [6, 6.07) is 10.2. The van der Waals surface area contributed by atoms with E-state index in [1.807, 2.05) is 18.2 Å². The largest absolute Gasteiger partial charge is 0.393 e. The number of carbonyl (C=O) groups excluding carboxylic acids is 2. The molecule has 242 valence electrons. The lowest BCUT2D eigenvalue weighted by molar-refractivity contribution is 0.0805. The molecule has 8 heteroatoms. The molecule has 2 aliphatic heterocycles. The van der Waals surface area contributed by atoms with Gasteiger partial charge in [0.15, 0.2) is 16.6 Å². The smallest absolute Gasteiger partial charge is 0.192 e. The second kappa shape index (κ2) is 13.7. The second-order valence-electron chi connectivity index (χ2n) is 15.1. The van der Waals surface area contributed by atoms with E-state index in [4.69, 9.17) is 9.97 Å². The van der Waals surface area contributed by atoms with Crippen LogP contribution in [0, 0.1) is 17.3 Å². The number of pyridine rings is 1.